The maximum atomic E-state index is 6.12. The minimum absolute atomic E-state index is 0.0198. The van der Waals surface area contributed by atoms with E-state index in [0.717, 1.165) is 12.8 Å². The Hall–Kier alpha value is -1.02. The zero-order valence-corrected chi connectivity index (χ0v) is 10.4. The van der Waals surface area contributed by atoms with Crippen LogP contribution in [0.25, 0.3) is 0 Å². The molecule has 16 heavy (non-hydrogen) atoms. The molecule has 0 N–H and O–H groups in total. The molecule has 0 saturated carbocycles. The van der Waals surface area contributed by atoms with Gasteiger partial charge in [-0.25, -0.2) is 0 Å². The predicted molar refractivity (Wildman–Crippen MR) is 67.6 cm³/mol. The summed E-state index contributed by atoms with van der Waals surface area (Å²) in [7, 11) is 2.11. The highest BCUT2D eigenvalue weighted by Gasteiger charge is 2.30. The van der Waals surface area contributed by atoms with Crippen molar-refractivity contribution in [2.24, 2.45) is 0 Å². The van der Waals surface area contributed by atoms with Gasteiger partial charge in [-0.3, -0.25) is 0 Å². The summed E-state index contributed by atoms with van der Waals surface area (Å²) in [6.45, 7) is 4.36. The summed E-state index contributed by atoms with van der Waals surface area (Å²) in [4.78, 5) is 2.24. The SMILES string of the molecule is CN(c1ccccc1)C1CCCC(C)(C)O1. The normalized spacial score (nSPS) is 24.1. The molecule has 1 saturated heterocycles. The molecular formula is C14H21NO. The summed E-state index contributed by atoms with van der Waals surface area (Å²) in [5.74, 6) is 0. The van der Waals surface area contributed by atoms with Crippen LogP contribution in [0.1, 0.15) is 33.1 Å². The molecule has 1 heterocycles. The van der Waals surface area contributed by atoms with E-state index in [2.05, 4.69) is 50.1 Å². The Labute approximate surface area is 98.2 Å². The van der Waals surface area contributed by atoms with Crippen molar-refractivity contribution in [3.63, 3.8) is 0 Å². The number of para-hydroxylation sites is 1. The lowest BCUT2D eigenvalue weighted by molar-refractivity contribution is -0.105. The molecule has 1 atom stereocenters. The summed E-state index contributed by atoms with van der Waals surface area (Å²) in [5, 5.41) is 0. The van der Waals surface area contributed by atoms with Crippen molar-refractivity contribution in [1.82, 2.24) is 0 Å². The van der Waals surface area contributed by atoms with E-state index >= 15 is 0 Å². The monoisotopic (exact) mass is 219 g/mol. The minimum Gasteiger partial charge on any atom is -0.353 e. The van der Waals surface area contributed by atoms with E-state index in [1.807, 2.05) is 6.07 Å². The first kappa shape index (κ1) is 11.5. The predicted octanol–water partition coefficient (Wildman–Crippen LogP) is 3.43. The number of nitrogens with zero attached hydrogens (tertiary/aromatic N) is 1. The molecule has 2 nitrogen and oxygen atoms in total. The Morgan fingerprint density at radius 1 is 1.25 bits per heavy atom. The van der Waals surface area contributed by atoms with Crippen LogP contribution in [0.2, 0.25) is 0 Å². The van der Waals surface area contributed by atoms with E-state index in [-0.39, 0.29) is 11.8 Å². The first-order valence-corrected chi connectivity index (χ1v) is 6.04. The fourth-order valence-electron chi connectivity index (χ4n) is 2.29. The van der Waals surface area contributed by atoms with Crippen LogP contribution in [-0.4, -0.2) is 18.9 Å². The molecule has 1 aromatic carbocycles. The van der Waals surface area contributed by atoms with Gasteiger partial charge in [0.1, 0.15) is 6.23 Å². The van der Waals surface area contributed by atoms with E-state index < -0.39 is 0 Å². The fraction of sp³-hybridized carbons (Fsp3) is 0.571. The molecule has 0 aliphatic carbocycles. The molecule has 2 heteroatoms. The third kappa shape index (κ3) is 2.56. The molecule has 0 bridgehead atoms. The Morgan fingerprint density at radius 3 is 2.56 bits per heavy atom. The molecule has 1 aromatic rings. The van der Waals surface area contributed by atoms with Gasteiger partial charge < -0.3 is 9.64 Å². The lowest BCUT2D eigenvalue weighted by Crippen LogP contribution is -2.44. The van der Waals surface area contributed by atoms with E-state index in [4.69, 9.17) is 4.74 Å². The second-order valence-corrected chi connectivity index (χ2v) is 5.17. The van der Waals surface area contributed by atoms with Gasteiger partial charge >= 0.3 is 0 Å². The third-order valence-corrected chi connectivity index (χ3v) is 3.28. The number of hydrogen-bond donors (Lipinski definition) is 0. The van der Waals surface area contributed by atoms with E-state index in [9.17, 15) is 0 Å². The lowest BCUT2D eigenvalue weighted by atomic mass is 9.97. The van der Waals surface area contributed by atoms with Crippen molar-refractivity contribution in [2.45, 2.75) is 44.9 Å². The molecule has 2 rings (SSSR count). The van der Waals surface area contributed by atoms with Gasteiger partial charge in [-0.05, 0) is 45.2 Å². The molecule has 0 aromatic heterocycles. The number of anilines is 1. The van der Waals surface area contributed by atoms with Crippen molar-refractivity contribution in [3.8, 4) is 0 Å². The molecule has 1 aliphatic rings. The molecule has 88 valence electrons. The van der Waals surface area contributed by atoms with Crippen molar-refractivity contribution < 1.29 is 4.74 Å². The first-order valence-electron chi connectivity index (χ1n) is 6.04. The third-order valence-electron chi connectivity index (χ3n) is 3.28. The largest absolute Gasteiger partial charge is 0.353 e. The quantitative estimate of drug-likeness (QED) is 0.755. The average Bonchev–Trinajstić information content (AvgIpc) is 2.28. The molecule has 1 aliphatic heterocycles. The average molecular weight is 219 g/mol. The van der Waals surface area contributed by atoms with Crippen LogP contribution in [0.4, 0.5) is 5.69 Å². The zero-order chi connectivity index (χ0) is 11.6. The maximum Gasteiger partial charge on any atom is 0.130 e. The zero-order valence-electron chi connectivity index (χ0n) is 10.4. The molecule has 1 fully saturated rings. The summed E-state index contributed by atoms with van der Waals surface area (Å²) >= 11 is 0. The second kappa shape index (κ2) is 4.46. The molecule has 0 radical (unpaired) electrons. The van der Waals surface area contributed by atoms with Crippen LogP contribution in [-0.2, 0) is 4.74 Å². The van der Waals surface area contributed by atoms with Gasteiger partial charge in [0, 0.05) is 12.7 Å². The molecule has 1 unspecified atom stereocenters. The Bertz CT molecular complexity index is 334. The highest BCUT2D eigenvalue weighted by molar-refractivity contribution is 5.45. The van der Waals surface area contributed by atoms with Crippen molar-refractivity contribution >= 4 is 5.69 Å². The van der Waals surface area contributed by atoms with Crippen molar-refractivity contribution in [3.05, 3.63) is 30.3 Å². The topological polar surface area (TPSA) is 12.5 Å². The van der Waals surface area contributed by atoms with Gasteiger partial charge in [0.05, 0.1) is 5.60 Å². The summed E-state index contributed by atoms with van der Waals surface area (Å²) in [6, 6.07) is 10.4. The van der Waals surface area contributed by atoms with Crippen LogP contribution in [0, 0.1) is 0 Å². The van der Waals surface area contributed by atoms with Gasteiger partial charge in [-0.15, -0.1) is 0 Å². The van der Waals surface area contributed by atoms with Crippen LogP contribution in [0.3, 0.4) is 0 Å². The highest BCUT2D eigenvalue weighted by atomic mass is 16.5. The van der Waals surface area contributed by atoms with E-state index in [1.54, 1.807) is 0 Å². The summed E-state index contributed by atoms with van der Waals surface area (Å²) in [6.07, 6.45) is 3.74. The van der Waals surface area contributed by atoms with Crippen LogP contribution >= 0.6 is 0 Å². The lowest BCUT2D eigenvalue weighted by Gasteiger charge is -2.41. The highest BCUT2D eigenvalue weighted by Crippen LogP contribution is 2.30. The number of rotatable bonds is 2. The number of ether oxygens (including phenoxy) is 1. The van der Waals surface area contributed by atoms with Crippen LogP contribution in [0.5, 0.6) is 0 Å². The summed E-state index contributed by atoms with van der Waals surface area (Å²) < 4.78 is 6.12. The Balaban J connectivity index is 2.08. The smallest absolute Gasteiger partial charge is 0.130 e. The van der Waals surface area contributed by atoms with Gasteiger partial charge in [0.15, 0.2) is 0 Å². The van der Waals surface area contributed by atoms with E-state index in [1.165, 1.54) is 12.1 Å². The van der Waals surface area contributed by atoms with Gasteiger partial charge in [-0.1, -0.05) is 18.2 Å². The number of hydrogen-bond acceptors (Lipinski definition) is 2. The van der Waals surface area contributed by atoms with Crippen molar-refractivity contribution in [1.29, 1.82) is 0 Å². The standard InChI is InChI=1S/C14H21NO/c1-14(2)11-7-10-13(16-14)15(3)12-8-5-4-6-9-12/h4-6,8-9,13H,7,10-11H2,1-3H3. The number of benzene rings is 1. The molecule has 0 amide bonds. The second-order valence-electron chi connectivity index (χ2n) is 5.17. The Kier molecular flexibility index (Phi) is 3.20. The Morgan fingerprint density at radius 2 is 1.94 bits per heavy atom. The van der Waals surface area contributed by atoms with Gasteiger partial charge in [0.2, 0.25) is 0 Å². The maximum absolute atomic E-state index is 6.12. The fourth-order valence-corrected chi connectivity index (χ4v) is 2.29. The summed E-state index contributed by atoms with van der Waals surface area (Å²) in [5.41, 5.74) is 1.25. The molecule has 0 spiro atoms. The van der Waals surface area contributed by atoms with Crippen LogP contribution in [0.15, 0.2) is 30.3 Å². The molecular weight excluding hydrogens is 198 g/mol. The van der Waals surface area contributed by atoms with Crippen LogP contribution < -0.4 is 4.90 Å². The van der Waals surface area contributed by atoms with Gasteiger partial charge in [-0.2, -0.15) is 0 Å². The van der Waals surface area contributed by atoms with E-state index in [0.29, 0.717) is 0 Å². The minimum atomic E-state index is 0.0198. The first-order chi connectivity index (χ1) is 7.58. The van der Waals surface area contributed by atoms with Gasteiger partial charge in [0.25, 0.3) is 0 Å². The van der Waals surface area contributed by atoms with Crippen molar-refractivity contribution in [2.75, 3.05) is 11.9 Å².